The van der Waals surface area contributed by atoms with E-state index in [4.69, 9.17) is 5.73 Å². The lowest BCUT2D eigenvalue weighted by molar-refractivity contribution is 0.456. The van der Waals surface area contributed by atoms with Gasteiger partial charge in [-0.05, 0) is 29.4 Å². The van der Waals surface area contributed by atoms with Crippen LogP contribution in [0.4, 0.5) is 0 Å². The standard InChI is InChI=1S/C13H21NS/c1-4-10(3)13(14)11-6-8-12(9-7-11)15-5-2/h6-10,13H,4-5,14H2,1-3H3. The fourth-order valence-electron chi connectivity index (χ4n) is 1.54. The second-order valence-corrected chi connectivity index (χ2v) is 5.25. The zero-order valence-electron chi connectivity index (χ0n) is 9.86. The molecule has 2 N–H and O–H groups in total. The van der Waals surface area contributed by atoms with Gasteiger partial charge in [-0.25, -0.2) is 0 Å². The van der Waals surface area contributed by atoms with Gasteiger partial charge < -0.3 is 5.73 Å². The van der Waals surface area contributed by atoms with E-state index < -0.39 is 0 Å². The maximum absolute atomic E-state index is 6.17. The van der Waals surface area contributed by atoms with Crippen molar-refractivity contribution in [3.8, 4) is 0 Å². The van der Waals surface area contributed by atoms with Crippen LogP contribution in [0.25, 0.3) is 0 Å². The molecule has 0 saturated carbocycles. The molecular weight excluding hydrogens is 202 g/mol. The van der Waals surface area contributed by atoms with Crippen molar-refractivity contribution in [2.45, 2.75) is 38.1 Å². The molecule has 2 atom stereocenters. The molecule has 1 aromatic rings. The first-order chi connectivity index (χ1) is 7.19. The monoisotopic (exact) mass is 223 g/mol. The van der Waals surface area contributed by atoms with Gasteiger partial charge in [-0.1, -0.05) is 39.3 Å². The van der Waals surface area contributed by atoms with Crippen LogP contribution in [-0.4, -0.2) is 5.75 Å². The van der Waals surface area contributed by atoms with Crippen LogP contribution in [0.2, 0.25) is 0 Å². The highest BCUT2D eigenvalue weighted by atomic mass is 32.2. The summed E-state index contributed by atoms with van der Waals surface area (Å²) in [6.45, 7) is 6.56. The molecule has 0 radical (unpaired) electrons. The summed E-state index contributed by atoms with van der Waals surface area (Å²) in [5.41, 5.74) is 7.42. The molecule has 1 rings (SSSR count). The minimum atomic E-state index is 0.177. The fraction of sp³-hybridized carbons (Fsp3) is 0.538. The van der Waals surface area contributed by atoms with Gasteiger partial charge in [0, 0.05) is 10.9 Å². The molecule has 84 valence electrons. The lowest BCUT2D eigenvalue weighted by Crippen LogP contribution is -2.18. The van der Waals surface area contributed by atoms with E-state index in [0.29, 0.717) is 5.92 Å². The van der Waals surface area contributed by atoms with Crippen LogP contribution >= 0.6 is 11.8 Å². The number of hydrogen-bond acceptors (Lipinski definition) is 2. The van der Waals surface area contributed by atoms with Crippen molar-refractivity contribution in [3.63, 3.8) is 0 Å². The molecule has 2 unspecified atom stereocenters. The molecule has 0 fully saturated rings. The first-order valence-corrected chi connectivity index (χ1v) is 6.65. The Hall–Kier alpha value is -0.470. The lowest BCUT2D eigenvalue weighted by Gasteiger charge is -2.18. The smallest absolute Gasteiger partial charge is 0.0320 e. The quantitative estimate of drug-likeness (QED) is 0.767. The summed E-state index contributed by atoms with van der Waals surface area (Å²) in [7, 11) is 0. The van der Waals surface area contributed by atoms with Gasteiger partial charge in [0.05, 0.1) is 0 Å². The Morgan fingerprint density at radius 3 is 2.27 bits per heavy atom. The van der Waals surface area contributed by atoms with Gasteiger partial charge in [0.2, 0.25) is 0 Å². The fourth-order valence-corrected chi connectivity index (χ4v) is 2.20. The van der Waals surface area contributed by atoms with Crippen LogP contribution in [-0.2, 0) is 0 Å². The summed E-state index contributed by atoms with van der Waals surface area (Å²) in [4.78, 5) is 1.33. The van der Waals surface area contributed by atoms with E-state index >= 15 is 0 Å². The van der Waals surface area contributed by atoms with Crippen LogP contribution in [0.5, 0.6) is 0 Å². The largest absolute Gasteiger partial charge is 0.324 e. The molecular formula is C13H21NS. The van der Waals surface area contributed by atoms with Gasteiger partial charge >= 0.3 is 0 Å². The number of nitrogens with two attached hydrogens (primary N) is 1. The minimum absolute atomic E-state index is 0.177. The van der Waals surface area contributed by atoms with E-state index in [2.05, 4.69) is 45.0 Å². The average Bonchev–Trinajstić information content (AvgIpc) is 2.28. The van der Waals surface area contributed by atoms with Gasteiger partial charge in [-0.2, -0.15) is 0 Å². The molecule has 0 amide bonds. The Kier molecular flexibility index (Phi) is 5.20. The van der Waals surface area contributed by atoms with E-state index in [1.54, 1.807) is 0 Å². The molecule has 0 saturated heterocycles. The molecule has 0 bridgehead atoms. The zero-order chi connectivity index (χ0) is 11.3. The molecule has 15 heavy (non-hydrogen) atoms. The second kappa shape index (κ2) is 6.19. The van der Waals surface area contributed by atoms with Crippen molar-refractivity contribution >= 4 is 11.8 Å². The van der Waals surface area contributed by atoms with Crippen LogP contribution in [0.3, 0.4) is 0 Å². The molecule has 1 nitrogen and oxygen atoms in total. The predicted octanol–water partition coefficient (Wildman–Crippen LogP) is 3.84. The first-order valence-electron chi connectivity index (χ1n) is 5.67. The molecule has 1 aromatic carbocycles. The van der Waals surface area contributed by atoms with E-state index in [1.165, 1.54) is 10.5 Å². The Balaban J connectivity index is 2.70. The molecule has 0 heterocycles. The zero-order valence-corrected chi connectivity index (χ0v) is 10.7. The molecule has 0 aliphatic rings. The SMILES string of the molecule is CCSc1ccc(C(N)C(C)CC)cc1. The van der Waals surface area contributed by atoms with E-state index in [0.717, 1.165) is 12.2 Å². The minimum Gasteiger partial charge on any atom is -0.324 e. The van der Waals surface area contributed by atoms with Crippen LogP contribution in [0.15, 0.2) is 29.2 Å². The Morgan fingerprint density at radius 1 is 1.20 bits per heavy atom. The predicted molar refractivity (Wildman–Crippen MR) is 69.2 cm³/mol. The highest BCUT2D eigenvalue weighted by Gasteiger charge is 2.12. The van der Waals surface area contributed by atoms with Crippen molar-refractivity contribution in [1.82, 2.24) is 0 Å². The van der Waals surface area contributed by atoms with Crippen molar-refractivity contribution in [2.75, 3.05) is 5.75 Å². The van der Waals surface area contributed by atoms with Gasteiger partial charge in [-0.15, -0.1) is 11.8 Å². The van der Waals surface area contributed by atoms with Crippen molar-refractivity contribution in [3.05, 3.63) is 29.8 Å². The Morgan fingerprint density at radius 2 is 1.80 bits per heavy atom. The van der Waals surface area contributed by atoms with E-state index in [-0.39, 0.29) is 6.04 Å². The van der Waals surface area contributed by atoms with Gasteiger partial charge in [-0.3, -0.25) is 0 Å². The van der Waals surface area contributed by atoms with Crippen molar-refractivity contribution in [2.24, 2.45) is 11.7 Å². The second-order valence-electron chi connectivity index (χ2n) is 3.91. The summed E-state index contributed by atoms with van der Waals surface area (Å²) < 4.78 is 0. The normalized spacial score (nSPS) is 14.9. The number of rotatable bonds is 5. The van der Waals surface area contributed by atoms with Crippen LogP contribution in [0.1, 0.15) is 38.8 Å². The van der Waals surface area contributed by atoms with Crippen LogP contribution in [0, 0.1) is 5.92 Å². The lowest BCUT2D eigenvalue weighted by atomic mass is 9.93. The third-order valence-corrected chi connectivity index (χ3v) is 3.73. The number of thioether (sulfide) groups is 1. The topological polar surface area (TPSA) is 26.0 Å². The molecule has 0 aliphatic carbocycles. The summed E-state index contributed by atoms with van der Waals surface area (Å²) in [5.74, 6) is 1.67. The molecule has 0 spiro atoms. The van der Waals surface area contributed by atoms with E-state index in [1.807, 2.05) is 11.8 Å². The third-order valence-electron chi connectivity index (χ3n) is 2.83. The van der Waals surface area contributed by atoms with Gasteiger partial charge in [0.15, 0.2) is 0 Å². The third kappa shape index (κ3) is 3.54. The molecule has 0 aliphatic heterocycles. The summed E-state index contributed by atoms with van der Waals surface area (Å²) in [6.07, 6.45) is 1.13. The number of benzene rings is 1. The van der Waals surface area contributed by atoms with Crippen molar-refractivity contribution in [1.29, 1.82) is 0 Å². The van der Waals surface area contributed by atoms with Crippen molar-refractivity contribution < 1.29 is 0 Å². The van der Waals surface area contributed by atoms with Gasteiger partial charge in [0.25, 0.3) is 0 Å². The highest BCUT2D eigenvalue weighted by Crippen LogP contribution is 2.24. The van der Waals surface area contributed by atoms with Crippen LogP contribution < -0.4 is 5.73 Å². The first kappa shape index (κ1) is 12.6. The number of hydrogen-bond donors (Lipinski definition) is 1. The highest BCUT2D eigenvalue weighted by molar-refractivity contribution is 7.99. The van der Waals surface area contributed by atoms with Gasteiger partial charge in [0.1, 0.15) is 0 Å². The summed E-state index contributed by atoms with van der Waals surface area (Å²) >= 11 is 1.87. The maximum Gasteiger partial charge on any atom is 0.0320 e. The summed E-state index contributed by atoms with van der Waals surface area (Å²) in [6, 6.07) is 8.84. The Bertz CT molecular complexity index is 281. The Labute approximate surface area is 97.4 Å². The van der Waals surface area contributed by atoms with E-state index in [9.17, 15) is 0 Å². The molecule has 2 heteroatoms. The average molecular weight is 223 g/mol. The maximum atomic E-state index is 6.17. The molecule has 0 aromatic heterocycles. The summed E-state index contributed by atoms with van der Waals surface area (Å²) in [5, 5.41) is 0.